The van der Waals surface area contributed by atoms with Gasteiger partial charge in [0.05, 0.1) is 11.9 Å². The van der Waals surface area contributed by atoms with Crippen molar-refractivity contribution in [2.45, 2.75) is 0 Å². The molecule has 0 aliphatic carbocycles. The van der Waals surface area contributed by atoms with Gasteiger partial charge < -0.3 is 4.98 Å². The second-order valence-corrected chi connectivity index (χ2v) is 6.76. The molecular weight excluding hydrogens is 312 g/mol. The van der Waals surface area contributed by atoms with Gasteiger partial charge in [0.2, 0.25) is 4.96 Å². The lowest BCUT2D eigenvalue weighted by atomic mass is 10.2. The predicted molar refractivity (Wildman–Crippen MR) is 91.5 cm³/mol. The maximum atomic E-state index is 4.69. The quantitative estimate of drug-likeness (QED) is 0.513. The summed E-state index contributed by atoms with van der Waals surface area (Å²) in [6.45, 7) is 0. The summed E-state index contributed by atoms with van der Waals surface area (Å²) < 4.78 is 1.87. The number of hydrogen-bond acceptors (Lipinski definition) is 4. The summed E-state index contributed by atoms with van der Waals surface area (Å²) in [6.07, 6.45) is 4.01. The first-order valence-electron chi connectivity index (χ1n) is 6.84. The number of rotatable bonds is 2. The normalized spacial score (nSPS) is 11.6. The number of aromatic amines is 1. The first-order valence-corrected chi connectivity index (χ1v) is 8.60. The van der Waals surface area contributed by atoms with Crippen LogP contribution in [-0.4, -0.2) is 19.6 Å². The number of nitrogens with zero attached hydrogens (tertiary/aromatic N) is 3. The number of imidazole rings is 1. The highest BCUT2D eigenvalue weighted by molar-refractivity contribution is 7.20. The highest BCUT2D eigenvalue weighted by Gasteiger charge is 2.14. The van der Waals surface area contributed by atoms with Crippen molar-refractivity contribution in [2.75, 3.05) is 0 Å². The zero-order valence-corrected chi connectivity index (χ0v) is 13.0. The van der Waals surface area contributed by atoms with Gasteiger partial charge in [-0.1, -0.05) is 29.5 Å². The van der Waals surface area contributed by atoms with Crippen LogP contribution in [0.1, 0.15) is 0 Å². The molecule has 6 heteroatoms. The number of benzene rings is 1. The number of aromatic nitrogens is 4. The molecule has 0 amide bonds. The van der Waals surface area contributed by atoms with Gasteiger partial charge in [-0.15, -0.1) is 0 Å². The number of thiophene rings is 1. The molecule has 4 heterocycles. The second kappa shape index (κ2) is 4.53. The van der Waals surface area contributed by atoms with E-state index in [2.05, 4.69) is 38.9 Å². The Balaban J connectivity index is 1.65. The van der Waals surface area contributed by atoms with Crippen molar-refractivity contribution in [3.63, 3.8) is 0 Å². The predicted octanol–water partition coefficient (Wildman–Crippen LogP) is 4.67. The van der Waals surface area contributed by atoms with E-state index in [9.17, 15) is 0 Å². The lowest BCUT2D eigenvalue weighted by Crippen LogP contribution is -1.81. The van der Waals surface area contributed by atoms with E-state index in [0.29, 0.717) is 0 Å². The summed E-state index contributed by atoms with van der Waals surface area (Å²) in [7, 11) is 0. The van der Waals surface area contributed by atoms with E-state index in [1.54, 1.807) is 22.7 Å². The summed E-state index contributed by atoms with van der Waals surface area (Å²) in [5.74, 6) is 0. The Labute approximate surface area is 133 Å². The molecule has 22 heavy (non-hydrogen) atoms. The third kappa shape index (κ3) is 1.74. The molecule has 4 aromatic heterocycles. The fourth-order valence-electron chi connectivity index (χ4n) is 2.61. The molecular formula is C16H10N4S2. The van der Waals surface area contributed by atoms with Crippen LogP contribution in [0.2, 0.25) is 0 Å². The number of nitrogens with one attached hydrogen (secondary N) is 1. The standard InChI is InChI=1S/C16H10N4S2/c1-2-4-13-11(3-1)12(7-17-13)15-19-20-8-14(18-16(20)22-15)10-5-6-21-9-10/h1-9,17H. The van der Waals surface area contributed by atoms with Crippen molar-refractivity contribution in [3.8, 4) is 21.8 Å². The molecule has 1 N–H and O–H groups in total. The van der Waals surface area contributed by atoms with E-state index in [1.165, 1.54) is 5.39 Å². The van der Waals surface area contributed by atoms with E-state index in [0.717, 1.165) is 32.3 Å². The second-order valence-electron chi connectivity index (χ2n) is 5.02. The van der Waals surface area contributed by atoms with Gasteiger partial charge in [0.15, 0.2) is 0 Å². The molecule has 5 aromatic rings. The van der Waals surface area contributed by atoms with Crippen LogP contribution < -0.4 is 0 Å². The van der Waals surface area contributed by atoms with Crippen LogP contribution in [0.4, 0.5) is 0 Å². The Morgan fingerprint density at radius 2 is 2.09 bits per heavy atom. The maximum Gasteiger partial charge on any atom is 0.213 e. The average Bonchev–Trinajstić information content (AvgIpc) is 3.28. The molecule has 0 bridgehead atoms. The third-order valence-corrected chi connectivity index (χ3v) is 5.32. The summed E-state index contributed by atoms with van der Waals surface area (Å²) in [4.78, 5) is 8.89. The van der Waals surface area contributed by atoms with Gasteiger partial charge in [-0.2, -0.15) is 16.4 Å². The topological polar surface area (TPSA) is 46.0 Å². The molecule has 0 saturated carbocycles. The summed E-state index contributed by atoms with van der Waals surface area (Å²) in [5.41, 5.74) is 4.38. The molecule has 0 saturated heterocycles. The van der Waals surface area contributed by atoms with Crippen LogP contribution in [0.3, 0.4) is 0 Å². The van der Waals surface area contributed by atoms with Crippen LogP contribution in [0, 0.1) is 0 Å². The number of hydrogen-bond donors (Lipinski definition) is 1. The fourth-order valence-corrected chi connectivity index (χ4v) is 4.17. The van der Waals surface area contributed by atoms with Crippen molar-refractivity contribution in [1.29, 1.82) is 0 Å². The van der Waals surface area contributed by atoms with Crippen LogP contribution in [0.15, 0.2) is 53.5 Å². The summed E-state index contributed by atoms with van der Waals surface area (Å²) in [5, 5.41) is 11.0. The molecule has 0 radical (unpaired) electrons. The minimum atomic E-state index is 0.918. The van der Waals surface area contributed by atoms with E-state index in [-0.39, 0.29) is 0 Å². The first-order chi connectivity index (χ1) is 10.9. The molecule has 4 nitrogen and oxygen atoms in total. The molecule has 0 fully saturated rings. The Morgan fingerprint density at radius 3 is 2.95 bits per heavy atom. The lowest BCUT2D eigenvalue weighted by molar-refractivity contribution is 0.979. The van der Waals surface area contributed by atoms with Crippen molar-refractivity contribution in [2.24, 2.45) is 0 Å². The molecule has 0 aliphatic rings. The SMILES string of the molecule is c1ccc2c(-c3nn4cc(-c5ccsc5)nc4s3)c[nH]c2c1. The van der Waals surface area contributed by atoms with Gasteiger partial charge in [-0.25, -0.2) is 9.50 Å². The van der Waals surface area contributed by atoms with Gasteiger partial charge >= 0.3 is 0 Å². The van der Waals surface area contributed by atoms with Crippen LogP contribution >= 0.6 is 22.7 Å². The molecule has 0 aliphatic heterocycles. The first kappa shape index (κ1) is 12.1. The minimum Gasteiger partial charge on any atom is -0.360 e. The maximum absolute atomic E-state index is 4.69. The minimum absolute atomic E-state index is 0.918. The molecule has 0 unspecified atom stereocenters. The Hall–Kier alpha value is -2.44. The lowest BCUT2D eigenvalue weighted by Gasteiger charge is -1.92. The number of fused-ring (bicyclic) bond motifs is 2. The van der Waals surface area contributed by atoms with Crippen molar-refractivity contribution < 1.29 is 0 Å². The third-order valence-electron chi connectivity index (χ3n) is 3.68. The Kier molecular flexibility index (Phi) is 2.50. The molecule has 0 atom stereocenters. The van der Waals surface area contributed by atoms with E-state index >= 15 is 0 Å². The smallest absolute Gasteiger partial charge is 0.213 e. The highest BCUT2D eigenvalue weighted by atomic mass is 32.1. The van der Waals surface area contributed by atoms with Crippen LogP contribution in [-0.2, 0) is 0 Å². The molecule has 0 spiro atoms. The van der Waals surface area contributed by atoms with Crippen molar-refractivity contribution in [3.05, 3.63) is 53.5 Å². The summed E-state index contributed by atoms with van der Waals surface area (Å²) in [6, 6.07) is 10.4. The van der Waals surface area contributed by atoms with E-state index in [4.69, 9.17) is 5.10 Å². The Morgan fingerprint density at radius 1 is 1.14 bits per heavy atom. The van der Waals surface area contributed by atoms with Gasteiger partial charge in [0.1, 0.15) is 5.01 Å². The average molecular weight is 322 g/mol. The monoisotopic (exact) mass is 322 g/mol. The van der Waals surface area contributed by atoms with E-state index in [1.807, 2.05) is 29.0 Å². The zero-order valence-electron chi connectivity index (χ0n) is 11.4. The summed E-state index contributed by atoms with van der Waals surface area (Å²) >= 11 is 3.29. The van der Waals surface area contributed by atoms with Gasteiger partial charge in [0, 0.05) is 33.6 Å². The van der Waals surface area contributed by atoms with Gasteiger partial charge in [0.25, 0.3) is 0 Å². The van der Waals surface area contributed by atoms with Crippen LogP contribution in [0.5, 0.6) is 0 Å². The largest absolute Gasteiger partial charge is 0.360 e. The zero-order chi connectivity index (χ0) is 14.5. The fraction of sp³-hybridized carbons (Fsp3) is 0. The highest BCUT2D eigenvalue weighted by Crippen LogP contribution is 2.32. The van der Waals surface area contributed by atoms with Gasteiger partial charge in [-0.3, -0.25) is 0 Å². The number of para-hydroxylation sites is 1. The Bertz CT molecular complexity index is 1050. The molecule has 106 valence electrons. The van der Waals surface area contributed by atoms with E-state index < -0.39 is 0 Å². The molecule has 1 aromatic carbocycles. The van der Waals surface area contributed by atoms with Crippen molar-refractivity contribution in [1.82, 2.24) is 19.6 Å². The van der Waals surface area contributed by atoms with Crippen LogP contribution in [0.25, 0.3) is 37.7 Å². The van der Waals surface area contributed by atoms with Gasteiger partial charge in [-0.05, 0) is 17.5 Å². The van der Waals surface area contributed by atoms with Crippen molar-refractivity contribution >= 4 is 38.5 Å². The number of H-pyrrole nitrogens is 1. The molecule has 5 rings (SSSR count).